The molecule has 0 rings (SSSR count). The number of hydrogen-bond acceptors (Lipinski definition) is 3. The summed E-state index contributed by atoms with van der Waals surface area (Å²) in [4.78, 5) is 9.99. The summed E-state index contributed by atoms with van der Waals surface area (Å²) in [6, 6.07) is -0.0495. The molecule has 0 aliphatic carbocycles. The zero-order valence-electron chi connectivity index (χ0n) is 7.53. The Bertz CT molecular complexity index is 129. The van der Waals surface area contributed by atoms with Crippen LogP contribution in [0.3, 0.4) is 0 Å². The lowest BCUT2D eigenvalue weighted by Gasteiger charge is -2.19. The van der Waals surface area contributed by atoms with E-state index in [4.69, 9.17) is 5.11 Å². The third kappa shape index (κ3) is 4.31. The Morgan fingerprint density at radius 1 is 1.50 bits per heavy atom. The maximum absolute atomic E-state index is 9.99. The third-order valence-corrected chi connectivity index (χ3v) is 1.89. The first-order chi connectivity index (χ1) is 5.61. The molecule has 0 saturated heterocycles. The van der Waals surface area contributed by atoms with Gasteiger partial charge in [-0.3, -0.25) is 4.79 Å². The van der Waals surface area contributed by atoms with Crippen molar-refractivity contribution in [2.75, 3.05) is 6.61 Å². The second-order valence-electron chi connectivity index (χ2n) is 3.15. The molecule has 4 nitrogen and oxygen atoms in total. The Kier molecular flexibility index (Phi) is 5.66. The molecule has 3 N–H and O–H groups in total. The lowest BCUT2D eigenvalue weighted by Crippen LogP contribution is -2.32. The van der Waals surface area contributed by atoms with Crippen LogP contribution in [-0.2, 0) is 4.79 Å². The molecule has 4 heteroatoms. The lowest BCUT2D eigenvalue weighted by atomic mass is 10.00. The van der Waals surface area contributed by atoms with Gasteiger partial charge in [-0.15, -0.1) is 0 Å². The maximum atomic E-state index is 9.99. The molecule has 0 bridgehead atoms. The Hall–Kier alpha value is -0.610. The second-order valence-corrected chi connectivity index (χ2v) is 3.15. The molecule has 0 aliphatic heterocycles. The average Bonchev–Trinajstić information content (AvgIpc) is 2.03. The van der Waals surface area contributed by atoms with Crippen molar-refractivity contribution in [2.45, 2.75) is 32.4 Å². The Balaban J connectivity index is 3.66. The van der Waals surface area contributed by atoms with E-state index in [9.17, 15) is 9.90 Å². The first-order valence-corrected chi connectivity index (χ1v) is 4.10. The van der Waals surface area contributed by atoms with E-state index in [1.807, 2.05) is 6.92 Å². The SMILES string of the molecule is CC(C[C@@H](O)C(C)CO)NC=O. The van der Waals surface area contributed by atoms with E-state index in [0.717, 1.165) is 0 Å². The van der Waals surface area contributed by atoms with Gasteiger partial charge in [0, 0.05) is 18.6 Å². The van der Waals surface area contributed by atoms with Crippen LogP contribution < -0.4 is 5.32 Å². The minimum absolute atomic E-state index is 0.0328. The zero-order chi connectivity index (χ0) is 9.56. The summed E-state index contributed by atoms with van der Waals surface area (Å²) in [6.45, 7) is 3.54. The Morgan fingerprint density at radius 2 is 2.08 bits per heavy atom. The maximum Gasteiger partial charge on any atom is 0.207 e. The highest BCUT2D eigenvalue weighted by molar-refractivity contribution is 5.46. The van der Waals surface area contributed by atoms with E-state index in [-0.39, 0.29) is 18.6 Å². The van der Waals surface area contributed by atoms with Crippen molar-refractivity contribution >= 4 is 6.41 Å². The summed E-state index contributed by atoms with van der Waals surface area (Å²) in [5.41, 5.74) is 0. The van der Waals surface area contributed by atoms with Crippen molar-refractivity contribution in [1.29, 1.82) is 0 Å². The van der Waals surface area contributed by atoms with Crippen LogP contribution >= 0.6 is 0 Å². The summed E-state index contributed by atoms with van der Waals surface area (Å²) in [6.07, 6.45) is 0.527. The number of hydrogen-bond donors (Lipinski definition) is 3. The van der Waals surface area contributed by atoms with Crippen LogP contribution in [0.2, 0.25) is 0 Å². The van der Waals surface area contributed by atoms with Gasteiger partial charge < -0.3 is 15.5 Å². The summed E-state index contributed by atoms with van der Waals surface area (Å²) >= 11 is 0. The summed E-state index contributed by atoms with van der Waals surface area (Å²) in [5, 5.41) is 20.6. The van der Waals surface area contributed by atoms with E-state index >= 15 is 0 Å². The fraction of sp³-hybridized carbons (Fsp3) is 0.875. The van der Waals surface area contributed by atoms with Crippen LogP contribution in [0, 0.1) is 5.92 Å². The average molecular weight is 175 g/mol. The van der Waals surface area contributed by atoms with Gasteiger partial charge in [0.05, 0.1) is 6.10 Å². The van der Waals surface area contributed by atoms with E-state index < -0.39 is 6.10 Å². The molecule has 1 amide bonds. The molecule has 0 saturated carbocycles. The highest BCUT2D eigenvalue weighted by Crippen LogP contribution is 2.07. The lowest BCUT2D eigenvalue weighted by molar-refractivity contribution is -0.110. The molecule has 0 spiro atoms. The molecule has 0 aromatic heterocycles. The minimum Gasteiger partial charge on any atom is -0.396 e. The largest absolute Gasteiger partial charge is 0.396 e. The molecule has 0 heterocycles. The number of aliphatic hydroxyl groups excluding tert-OH is 2. The first-order valence-electron chi connectivity index (χ1n) is 4.10. The van der Waals surface area contributed by atoms with E-state index in [1.54, 1.807) is 6.92 Å². The molecule has 0 aromatic rings. The Labute approximate surface area is 72.6 Å². The predicted octanol–water partition coefficient (Wildman–Crippen LogP) is -0.500. The molecular formula is C8H17NO3. The van der Waals surface area contributed by atoms with Crippen LogP contribution in [0.15, 0.2) is 0 Å². The van der Waals surface area contributed by atoms with Crippen LogP contribution in [0.25, 0.3) is 0 Å². The quantitative estimate of drug-likeness (QED) is 0.477. The van der Waals surface area contributed by atoms with Crippen molar-refractivity contribution in [2.24, 2.45) is 5.92 Å². The second kappa shape index (κ2) is 5.97. The fourth-order valence-corrected chi connectivity index (χ4v) is 0.900. The highest BCUT2D eigenvalue weighted by Gasteiger charge is 2.15. The molecule has 0 aliphatic rings. The summed E-state index contributed by atoms with van der Waals surface area (Å²) in [7, 11) is 0. The monoisotopic (exact) mass is 175 g/mol. The number of nitrogens with one attached hydrogen (secondary N) is 1. The van der Waals surface area contributed by atoms with Crippen molar-refractivity contribution in [3.63, 3.8) is 0 Å². The van der Waals surface area contributed by atoms with Crippen molar-refractivity contribution in [3.05, 3.63) is 0 Å². The number of carbonyl (C=O) groups excluding carboxylic acids is 1. The van der Waals surface area contributed by atoms with Gasteiger partial charge in [0.2, 0.25) is 6.41 Å². The topological polar surface area (TPSA) is 69.6 Å². The number of amides is 1. The standard InChI is InChI=1S/C8H17NO3/c1-6(4-10)8(12)3-7(2)9-5-11/h5-8,10,12H,3-4H2,1-2H3,(H,9,11)/t6?,7?,8-/m1/s1. The number of rotatable bonds is 6. The van der Waals surface area contributed by atoms with E-state index in [0.29, 0.717) is 12.8 Å². The molecule has 2 unspecified atom stereocenters. The normalized spacial score (nSPS) is 18.0. The zero-order valence-corrected chi connectivity index (χ0v) is 7.53. The van der Waals surface area contributed by atoms with Gasteiger partial charge in [-0.05, 0) is 13.3 Å². The molecule has 12 heavy (non-hydrogen) atoms. The van der Waals surface area contributed by atoms with Gasteiger partial charge >= 0.3 is 0 Å². The smallest absolute Gasteiger partial charge is 0.207 e. The molecule has 0 aromatic carbocycles. The van der Waals surface area contributed by atoms with Gasteiger partial charge in [0.15, 0.2) is 0 Å². The fourth-order valence-electron chi connectivity index (χ4n) is 0.900. The van der Waals surface area contributed by atoms with Gasteiger partial charge in [-0.1, -0.05) is 6.92 Å². The van der Waals surface area contributed by atoms with Gasteiger partial charge in [-0.25, -0.2) is 0 Å². The van der Waals surface area contributed by atoms with Crippen molar-refractivity contribution in [1.82, 2.24) is 5.32 Å². The van der Waals surface area contributed by atoms with Crippen LogP contribution in [0.4, 0.5) is 0 Å². The van der Waals surface area contributed by atoms with E-state index in [1.165, 1.54) is 0 Å². The molecule has 72 valence electrons. The molecular weight excluding hydrogens is 158 g/mol. The van der Waals surface area contributed by atoms with Crippen LogP contribution in [0.1, 0.15) is 20.3 Å². The van der Waals surface area contributed by atoms with Gasteiger partial charge in [0.1, 0.15) is 0 Å². The number of aliphatic hydroxyl groups is 2. The highest BCUT2D eigenvalue weighted by atomic mass is 16.3. The van der Waals surface area contributed by atoms with Gasteiger partial charge in [-0.2, -0.15) is 0 Å². The number of carbonyl (C=O) groups is 1. The third-order valence-electron chi connectivity index (χ3n) is 1.89. The molecule has 3 atom stereocenters. The molecule has 0 fully saturated rings. The first kappa shape index (κ1) is 11.4. The van der Waals surface area contributed by atoms with Crippen LogP contribution in [0.5, 0.6) is 0 Å². The van der Waals surface area contributed by atoms with Crippen molar-refractivity contribution < 1.29 is 15.0 Å². The summed E-state index contributed by atoms with van der Waals surface area (Å²) < 4.78 is 0. The van der Waals surface area contributed by atoms with Crippen LogP contribution in [-0.4, -0.2) is 35.4 Å². The van der Waals surface area contributed by atoms with Crippen molar-refractivity contribution in [3.8, 4) is 0 Å². The Morgan fingerprint density at radius 3 is 2.50 bits per heavy atom. The minimum atomic E-state index is -0.558. The van der Waals surface area contributed by atoms with Gasteiger partial charge in [0.25, 0.3) is 0 Å². The van der Waals surface area contributed by atoms with E-state index in [2.05, 4.69) is 5.32 Å². The summed E-state index contributed by atoms with van der Waals surface area (Å²) in [5.74, 6) is -0.138. The predicted molar refractivity (Wildman–Crippen MR) is 45.5 cm³/mol. The molecule has 0 radical (unpaired) electrons.